The molecule has 0 aliphatic rings. The molecule has 1 aromatic heterocycles. The molecular formula is C10H16N6O3. The maximum absolute atomic E-state index is 11.6. The minimum absolute atomic E-state index is 0.00801. The van der Waals surface area contributed by atoms with Gasteiger partial charge in [-0.3, -0.25) is 14.9 Å². The standard InChI is InChI=1S/C10H16N6O3/c1-6(2)13-8(17)5-15(3)9-7(16(18)19)4-12-10(11)14-9/h4,6H,5H2,1-3H3,(H,13,17)(H2,11,12,14). The number of nitrogen functional groups attached to an aromatic ring is 1. The van der Waals surface area contributed by atoms with Crippen LogP contribution in [0.2, 0.25) is 0 Å². The zero-order valence-corrected chi connectivity index (χ0v) is 11.0. The molecule has 0 spiro atoms. The van der Waals surface area contributed by atoms with E-state index in [1.54, 1.807) is 0 Å². The summed E-state index contributed by atoms with van der Waals surface area (Å²) in [6, 6.07) is -0.00801. The fourth-order valence-corrected chi connectivity index (χ4v) is 1.45. The van der Waals surface area contributed by atoms with E-state index in [9.17, 15) is 14.9 Å². The highest BCUT2D eigenvalue weighted by molar-refractivity contribution is 5.81. The fourth-order valence-electron chi connectivity index (χ4n) is 1.45. The van der Waals surface area contributed by atoms with Gasteiger partial charge in [0.05, 0.1) is 11.5 Å². The second-order valence-electron chi connectivity index (χ2n) is 4.27. The molecule has 0 fully saturated rings. The van der Waals surface area contributed by atoms with Gasteiger partial charge in [0.25, 0.3) is 0 Å². The van der Waals surface area contributed by atoms with Crippen LogP contribution in [0.15, 0.2) is 6.20 Å². The molecule has 104 valence electrons. The number of amides is 1. The third-order valence-electron chi connectivity index (χ3n) is 2.16. The first kappa shape index (κ1) is 14.6. The lowest BCUT2D eigenvalue weighted by molar-refractivity contribution is -0.384. The number of nitrogens with one attached hydrogen (secondary N) is 1. The van der Waals surface area contributed by atoms with E-state index in [0.717, 1.165) is 6.20 Å². The Morgan fingerprint density at radius 2 is 2.26 bits per heavy atom. The van der Waals surface area contributed by atoms with Crippen LogP contribution in [-0.2, 0) is 4.79 Å². The maximum atomic E-state index is 11.6. The van der Waals surface area contributed by atoms with Crippen molar-refractivity contribution >= 4 is 23.4 Å². The van der Waals surface area contributed by atoms with Crippen molar-refractivity contribution in [2.45, 2.75) is 19.9 Å². The van der Waals surface area contributed by atoms with E-state index in [0.29, 0.717) is 0 Å². The van der Waals surface area contributed by atoms with Crippen molar-refractivity contribution in [3.63, 3.8) is 0 Å². The first-order valence-corrected chi connectivity index (χ1v) is 5.58. The Labute approximate surface area is 110 Å². The molecule has 19 heavy (non-hydrogen) atoms. The fraction of sp³-hybridized carbons (Fsp3) is 0.500. The van der Waals surface area contributed by atoms with Crippen LogP contribution in [0.3, 0.4) is 0 Å². The number of hydrogen-bond donors (Lipinski definition) is 2. The van der Waals surface area contributed by atoms with Crippen molar-refractivity contribution in [1.29, 1.82) is 0 Å². The average Bonchev–Trinajstić information content (AvgIpc) is 2.26. The Bertz CT molecular complexity index is 490. The summed E-state index contributed by atoms with van der Waals surface area (Å²) in [6.45, 7) is 3.58. The van der Waals surface area contributed by atoms with Crippen LogP contribution >= 0.6 is 0 Å². The summed E-state index contributed by atoms with van der Waals surface area (Å²) in [5, 5.41) is 13.5. The van der Waals surface area contributed by atoms with Gasteiger partial charge in [-0.15, -0.1) is 0 Å². The van der Waals surface area contributed by atoms with Crippen LogP contribution in [-0.4, -0.2) is 40.4 Å². The molecule has 0 saturated carbocycles. The smallest absolute Gasteiger partial charge is 0.329 e. The summed E-state index contributed by atoms with van der Waals surface area (Å²) in [6.07, 6.45) is 1.02. The molecule has 0 bridgehead atoms. The van der Waals surface area contributed by atoms with Crippen molar-refractivity contribution in [2.75, 3.05) is 24.2 Å². The summed E-state index contributed by atoms with van der Waals surface area (Å²) >= 11 is 0. The molecule has 0 radical (unpaired) electrons. The molecule has 0 atom stereocenters. The molecular weight excluding hydrogens is 252 g/mol. The number of hydrogen-bond acceptors (Lipinski definition) is 7. The highest BCUT2D eigenvalue weighted by Gasteiger charge is 2.21. The Morgan fingerprint density at radius 3 is 2.79 bits per heavy atom. The molecule has 9 nitrogen and oxygen atoms in total. The van der Waals surface area contributed by atoms with E-state index >= 15 is 0 Å². The van der Waals surface area contributed by atoms with Crippen LogP contribution in [0.5, 0.6) is 0 Å². The first-order chi connectivity index (χ1) is 8.81. The summed E-state index contributed by atoms with van der Waals surface area (Å²) in [5.41, 5.74) is 5.11. The predicted octanol–water partition coefficient (Wildman–Crippen LogP) is -0.0722. The molecule has 0 unspecified atom stereocenters. The summed E-state index contributed by atoms with van der Waals surface area (Å²) < 4.78 is 0. The lowest BCUT2D eigenvalue weighted by Crippen LogP contribution is -2.39. The molecule has 0 aliphatic heterocycles. The maximum Gasteiger partial charge on any atom is 0.329 e. The van der Waals surface area contributed by atoms with Gasteiger partial charge in [0.2, 0.25) is 17.7 Å². The molecule has 1 rings (SSSR count). The van der Waals surface area contributed by atoms with Crippen LogP contribution in [0.25, 0.3) is 0 Å². The van der Waals surface area contributed by atoms with Crippen molar-refractivity contribution < 1.29 is 9.72 Å². The third-order valence-corrected chi connectivity index (χ3v) is 2.16. The van der Waals surface area contributed by atoms with Gasteiger partial charge in [-0.1, -0.05) is 0 Å². The van der Waals surface area contributed by atoms with Gasteiger partial charge in [-0.05, 0) is 13.8 Å². The van der Waals surface area contributed by atoms with Crippen molar-refractivity contribution in [2.24, 2.45) is 0 Å². The van der Waals surface area contributed by atoms with E-state index in [2.05, 4.69) is 15.3 Å². The largest absolute Gasteiger partial charge is 0.368 e. The van der Waals surface area contributed by atoms with Gasteiger partial charge in [0.15, 0.2) is 0 Å². The van der Waals surface area contributed by atoms with E-state index in [1.807, 2.05) is 13.8 Å². The first-order valence-electron chi connectivity index (χ1n) is 5.58. The van der Waals surface area contributed by atoms with Crippen molar-refractivity contribution in [1.82, 2.24) is 15.3 Å². The number of anilines is 2. The van der Waals surface area contributed by atoms with E-state index < -0.39 is 4.92 Å². The molecule has 0 aliphatic carbocycles. The Morgan fingerprint density at radius 1 is 1.63 bits per heavy atom. The van der Waals surface area contributed by atoms with Gasteiger partial charge in [-0.2, -0.15) is 4.98 Å². The van der Waals surface area contributed by atoms with Crippen LogP contribution in [0.4, 0.5) is 17.5 Å². The number of aromatic nitrogens is 2. The minimum atomic E-state index is -0.619. The zero-order valence-electron chi connectivity index (χ0n) is 11.0. The molecule has 1 heterocycles. The second kappa shape index (κ2) is 5.94. The molecule has 0 saturated heterocycles. The van der Waals surface area contributed by atoms with Crippen molar-refractivity contribution in [3.05, 3.63) is 16.3 Å². The van der Waals surface area contributed by atoms with Gasteiger partial charge < -0.3 is 16.0 Å². The third kappa shape index (κ3) is 4.05. The predicted molar refractivity (Wildman–Crippen MR) is 69.6 cm³/mol. The van der Waals surface area contributed by atoms with E-state index in [4.69, 9.17) is 5.73 Å². The monoisotopic (exact) mass is 268 g/mol. The lowest BCUT2D eigenvalue weighted by Gasteiger charge is -2.18. The van der Waals surface area contributed by atoms with Crippen LogP contribution < -0.4 is 16.0 Å². The normalized spacial score (nSPS) is 10.3. The number of likely N-dealkylation sites (N-methyl/N-ethyl adjacent to an activating group) is 1. The quantitative estimate of drug-likeness (QED) is 0.565. The number of nitro groups is 1. The van der Waals surface area contributed by atoms with Crippen molar-refractivity contribution in [3.8, 4) is 0 Å². The number of carbonyl (C=O) groups excluding carboxylic acids is 1. The number of nitrogens with two attached hydrogens (primary N) is 1. The van der Waals surface area contributed by atoms with E-state index in [-0.39, 0.29) is 35.9 Å². The number of rotatable bonds is 5. The molecule has 1 aromatic rings. The summed E-state index contributed by atoms with van der Waals surface area (Å²) in [4.78, 5) is 30.6. The van der Waals surface area contributed by atoms with Gasteiger partial charge in [0.1, 0.15) is 6.20 Å². The average molecular weight is 268 g/mol. The second-order valence-corrected chi connectivity index (χ2v) is 4.27. The molecule has 1 amide bonds. The lowest BCUT2D eigenvalue weighted by atomic mass is 10.3. The van der Waals surface area contributed by atoms with Gasteiger partial charge >= 0.3 is 5.69 Å². The summed E-state index contributed by atoms with van der Waals surface area (Å²) in [5.74, 6) is -0.336. The number of nitrogens with zero attached hydrogens (tertiary/aromatic N) is 4. The Kier molecular flexibility index (Phi) is 4.56. The van der Waals surface area contributed by atoms with Crippen LogP contribution in [0.1, 0.15) is 13.8 Å². The van der Waals surface area contributed by atoms with Gasteiger partial charge in [-0.25, -0.2) is 4.98 Å². The SMILES string of the molecule is CC(C)NC(=O)CN(C)c1nc(N)ncc1[N+](=O)[O-]. The topological polar surface area (TPSA) is 127 Å². The minimum Gasteiger partial charge on any atom is -0.368 e. The number of carbonyl (C=O) groups is 1. The Hall–Kier alpha value is -2.45. The highest BCUT2D eigenvalue weighted by Crippen LogP contribution is 2.24. The Balaban J connectivity index is 2.92. The van der Waals surface area contributed by atoms with E-state index in [1.165, 1.54) is 11.9 Å². The zero-order chi connectivity index (χ0) is 14.6. The molecule has 3 N–H and O–H groups in total. The molecule has 9 heteroatoms. The highest BCUT2D eigenvalue weighted by atomic mass is 16.6. The van der Waals surface area contributed by atoms with Gasteiger partial charge in [0, 0.05) is 13.1 Å². The summed E-state index contributed by atoms with van der Waals surface area (Å²) in [7, 11) is 1.52. The molecule has 0 aromatic carbocycles. The van der Waals surface area contributed by atoms with Crippen LogP contribution in [0, 0.1) is 10.1 Å².